The summed E-state index contributed by atoms with van der Waals surface area (Å²) in [7, 11) is 0. The fourth-order valence-corrected chi connectivity index (χ4v) is 5.82. The lowest BCUT2D eigenvalue weighted by Crippen LogP contribution is -2.10. The van der Waals surface area contributed by atoms with Crippen LogP contribution in [0.4, 0.5) is 17.1 Å². The van der Waals surface area contributed by atoms with Crippen molar-refractivity contribution in [1.82, 2.24) is 4.98 Å². The van der Waals surface area contributed by atoms with Gasteiger partial charge in [-0.3, -0.25) is 0 Å². The highest BCUT2D eigenvalue weighted by Gasteiger charge is 2.20. The van der Waals surface area contributed by atoms with Crippen molar-refractivity contribution in [3.8, 4) is 11.1 Å². The van der Waals surface area contributed by atoms with Gasteiger partial charge in [-0.1, -0.05) is 91.0 Å². The first kappa shape index (κ1) is 22.6. The molecule has 0 atom stereocenters. The SMILES string of the molecule is c1ccc(-c2ccc(N(c3ccc4ccc5ccccc5c4c3)c3cccc4oc5ncccc5c34)cc2)cc1. The average Bonchev–Trinajstić information content (AvgIpc) is 3.41. The van der Waals surface area contributed by atoms with Crippen molar-refractivity contribution >= 4 is 60.7 Å². The predicted octanol–water partition coefficient (Wildman–Crippen LogP) is 10.4. The third-order valence-corrected chi connectivity index (χ3v) is 7.71. The maximum Gasteiger partial charge on any atom is 0.227 e. The second-order valence-electron chi connectivity index (χ2n) is 10.0. The van der Waals surface area contributed by atoms with Crippen LogP contribution < -0.4 is 4.90 Å². The Morgan fingerprint density at radius 3 is 2.08 bits per heavy atom. The fraction of sp³-hybridized carbons (Fsp3) is 0. The zero-order chi connectivity index (χ0) is 26.5. The van der Waals surface area contributed by atoms with Gasteiger partial charge in [-0.25, -0.2) is 4.98 Å². The van der Waals surface area contributed by atoms with Crippen LogP contribution in [0.2, 0.25) is 0 Å². The summed E-state index contributed by atoms with van der Waals surface area (Å²) in [6.45, 7) is 0. The van der Waals surface area contributed by atoms with E-state index in [1.807, 2.05) is 18.2 Å². The molecule has 2 aromatic heterocycles. The van der Waals surface area contributed by atoms with E-state index in [0.29, 0.717) is 5.71 Å². The Morgan fingerprint density at radius 1 is 0.500 bits per heavy atom. The molecule has 8 rings (SSSR count). The molecule has 0 aliphatic rings. The Bertz CT molecular complexity index is 2160. The van der Waals surface area contributed by atoms with Gasteiger partial charge in [0, 0.05) is 17.6 Å². The quantitative estimate of drug-likeness (QED) is 0.220. The molecule has 0 saturated carbocycles. The summed E-state index contributed by atoms with van der Waals surface area (Å²) in [4.78, 5) is 6.83. The number of benzene rings is 6. The molecular weight excluding hydrogens is 488 g/mol. The molecular formula is C37H24N2O. The lowest BCUT2D eigenvalue weighted by Gasteiger charge is -2.27. The third kappa shape index (κ3) is 3.63. The Balaban J connectivity index is 1.39. The summed E-state index contributed by atoms with van der Waals surface area (Å²) in [6.07, 6.45) is 1.78. The number of rotatable bonds is 4. The number of nitrogens with zero attached hydrogens (tertiary/aromatic N) is 2. The number of aromatic nitrogens is 1. The number of pyridine rings is 1. The van der Waals surface area contributed by atoms with Crippen LogP contribution in [0, 0.1) is 0 Å². The Morgan fingerprint density at radius 2 is 1.20 bits per heavy atom. The molecule has 0 unspecified atom stereocenters. The van der Waals surface area contributed by atoms with Crippen molar-refractivity contribution in [2.45, 2.75) is 0 Å². The number of hydrogen-bond acceptors (Lipinski definition) is 3. The third-order valence-electron chi connectivity index (χ3n) is 7.71. The summed E-state index contributed by atoms with van der Waals surface area (Å²) in [5.41, 5.74) is 7.07. The Kier molecular flexibility index (Phi) is 5.14. The van der Waals surface area contributed by atoms with E-state index in [2.05, 4.69) is 131 Å². The lowest BCUT2D eigenvalue weighted by atomic mass is 10.0. The molecule has 0 bridgehead atoms. The fourth-order valence-electron chi connectivity index (χ4n) is 5.82. The minimum Gasteiger partial charge on any atom is -0.438 e. The van der Waals surface area contributed by atoms with Crippen LogP contribution in [-0.4, -0.2) is 4.98 Å². The first-order valence-electron chi connectivity index (χ1n) is 13.5. The van der Waals surface area contributed by atoms with Crippen LogP contribution in [0.5, 0.6) is 0 Å². The Hall–Kier alpha value is -5.41. The van der Waals surface area contributed by atoms with E-state index in [1.165, 1.54) is 32.7 Å². The molecule has 40 heavy (non-hydrogen) atoms. The first-order valence-corrected chi connectivity index (χ1v) is 13.5. The summed E-state index contributed by atoms with van der Waals surface area (Å²) in [6, 6.07) is 49.3. The van der Waals surface area contributed by atoms with Crippen LogP contribution >= 0.6 is 0 Å². The topological polar surface area (TPSA) is 29.3 Å². The van der Waals surface area contributed by atoms with Crippen molar-refractivity contribution in [3.63, 3.8) is 0 Å². The monoisotopic (exact) mass is 512 g/mol. The molecule has 2 heterocycles. The number of furan rings is 1. The predicted molar refractivity (Wildman–Crippen MR) is 167 cm³/mol. The van der Waals surface area contributed by atoms with Gasteiger partial charge < -0.3 is 9.32 Å². The zero-order valence-electron chi connectivity index (χ0n) is 21.7. The molecule has 3 heteroatoms. The van der Waals surface area contributed by atoms with Gasteiger partial charge in [0.25, 0.3) is 0 Å². The van der Waals surface area contributed by atoms with Gasteiger partial charge in [0.2, 0.25) is 5.71 Å². The van der Waals surface area contributed by atoms with Crippen LogP contribution in [-0.2, 0) is 0 Å². The average molecular weight is 513 g/mol. The largest absolute Gasteiger partial charge is 0.438 e. The molecule has 3 nitrogen and oxygen atoms in total. The highest BCUT2D eigenvalue weighted by molar-refractivity contribution is 6.13. The minimum atomic E-state index is 0.647. The maximum atomic E-state index is 6.18. The molecule has 0 aliphatic carbocycles. The van der Waals surface area contributed by atoms with Gasteiger partial charge in [0.15, 0.2) is 0 Å². The van der Waals surface area contributed by atoms with E-state index in [9.17, 15) is 0 Å². The maximum absolute atomic E-state index is 6.18. The molecule has 0 amide bonds. The second kappa shape index (κ2) is 9.11. The number of anilines is 3. The van der Waals surface area contributed by atoms with E-state index in [4.69, 9.17) is 4.42 Å². The lowest BCUT2D eigenvalue weighted by molar-refractivity contribution is 0.654. The molecule has 6 aromatic carbocycles. The molecule has 0 radical (unpaired) electrons. The summed E-state index contributed by atoms with van der Waals surface area (Å²) in [5.74, 6) is 0. The molecule has 8 aromatic rings. The highest BCUT2D eigenvalue weighted by Crippen LogP contribution is 2.43. The number of fused-ring (bicyclic) bond motifs is 6. The number of hydrogen-bond donors (Lipinski definition) is 0. The highest BCUT2D eigenvalue weighted by atomic mass is 16.3. The first-order chi connectivity index (χ1) is 19.8. The standard InChI is InChI=1S/C37H24N2O/c1-2-8-25(9-3-1)26-17-20-29(21-18-26)39(34-13-6-14-35-36(34)32-12-7-23-38-37(32)40-35)30-22-19-28-16-15-27-10-4-5-11-31(27)33(28)24-30/h1-24H. The van der Waals surface area contributed by atoms with E-state index in [1.54, 1.807) is 6.20 Å². The summed E-state index contributed by atoms with van der Waals surface area (Å²) < 4.78 is 6.18. The van der Waals surface area contributed by atoms with E-state index >= 15 is 0 Å². The van der Waals surface area contributed by atoms with Crippen LogP contribution in [0.15, 0.2) is 150 Å². The van der Waals surface area contributed by atoms with Crippen LogP contribution in [0.1, 0.15) is 0 Å². The molecule has 0 N–H and O–H groups in total. The normalized spacial score (nSPS) is 11.5. The molecule has 0 aliphatic heterocycles. The minimum absolute atomic E-state index is 0.647. The Labute approximate surface area is 231 Å². The zero-order valence-corrected chi connectivity index (χ0v) is 21.7. The molecule has 0 spiro atoms. The molecule has 188 valence electrons. The van der Waals surface area contributed by atoms with Gasteiger partial charge in [-0.05, 0) is 81.2 Å². The van der Waals surface area contributed by atoms with Gasteiger partial charge in [0.1, 0.15) is 5.58 Å². The summed E-state index contributed by atoms with van der Waals surface area (Å²) >= 11 is 0. The van der Waals surface area contributed by atoms with Gasteiger partial charge in [-0.2, -0.15) is 0 Å². The van der Waals surface area contributed by atoms with Crippen molar-refractivity contribution < 1.29 is 4.42 Å². The van der Waals surface area contributed by atoms with Crippen LogP contribution in [0.3, 0.4) is 0 Å². The van der Waals surface area contributed by atoms with Crippen molar-refractivity contribution in [2.24, 2.45) is 0 Å². The van der Waals surface area contributed by atoms with E-state index < -0.39 is 0 Å². The van der Waals surface area contributed by atoms with Gasteiger partial charge in [0.05, 0.1) is 16.5 Å². The van der Waals surface area contributed by atoms with Crippen molar-refractivity contribution in [3.05, 3.63) is 146 Å². The smallest absolute Gasteiger partial charge is 0.227 e. The second-order valence-corrected chi connectivity index (χ2v) is 10.0. The van der Waals surface area contributed by atoms with Crippen molar-refractivity contribution in [1.29, 1.82) is 0 Å². The van der Waals surface area contributed by atoms with Crippen molar-refractivity contribution in [2.75, 3.05) is 4.90 Å². The van der Waals surface area contributed by atoms with Crippen LogP contribution in [0.25, 0.3) is 54.7 Å². The molecule has 0 saturated heterocycles. The van der Waals surface area contributed by atoms with E-state index in [-0.39, 0.29) is 0 Å². The van der Waals surface area contributed by atoms with Gasteiger partial charge >= 0.3 is 0 Å². The van der Waals surface area contributed by atoms with E-state index in [0.717, 1.165) is 33.4 Å². The van der Waals surface area contributed by atoms with Gasteiger partial charge in [-0.15, -0.1) is 0 Å². The summed E-state index contributed by atoms with van der Waals surface area (Å²) in [5, 5.41) is 6.99. The molecule has 0 fully saturated rings.